The Hall–Kier alpha value is -3.01. The molecule has 214 valence electrons. The molecule has 0 atom stereocenters. The fourth-order valence-electron chi connectivity index (χ4n) is 6.54. The molecule has 9 nitrogen and oxygen atoms in total. The van der Waals surface area contributed by atoms with E-state index in [1.165, 1.54) is 50.3 Å². The van der Waals surface area contributed by atoms with Crippen molar-refractivity contribution in [3.05, 3.63) is 35.7 Å². The third kappa shape index (κ3) is 5.60. The minimum Gasteiger partial charge on any atom is -0.382 e. The van der Waals surface area contributed by atoms with Gasteiger partial charge in [0.15, 0.2) is 5.82 Å². The fourth-order valence-corrected chi connectivity index (χ4v) is 6.54. The molecule has 3 aliphatic heterocycles. The number of pyridine rings is 1. The van der Waals surface area contributed by atoms with Crippen LogP contribution in [-0.4, -0.2) is 96.4 Å². The first kappa shape index (κ1) is 27.2. The third-order valence-electron chi connectivity index (χ3n) is 9.06. The van der Waals surface area contributed by atoms with Gasteiger partial charge in [-0.25, -0.2) is 15.0 Å². The number of aryl methyl sites for hydroxylation is 2. The van der Waals surface area contributed by atoms with E-state index in [9.17, 15) is 0 Å². The lowest BCUT2D eigenvalue weighted by atomic mass is 9.98. The summed E-state index contributed by atoms with van der Waals surface area (Å²) in [6.07, 6.45) is 7.04. The summed E-state index contributed by atoms with van der Waals surface area (Å²) in [4.78, 5) is 22.3. The SMILES string of the molecule is CCc1nc2c(N)ncc(-c3ccc(N4CCC(N5CCN(C)CC5)CC4)c(C)c3)c2nc1NC1CCOCC1. The highest BCUT2D eigenvalue weighted by molar-refractivity contribution is 5.97. The highest BCUT2D eigenvalue weighted by Crippen LogP contribution is 2.34. The maximum atomic E-state index is 6.32. The molecule has 2 aromatic heterocycles. The van der Waals surface area contributed by atoms with Crippen LogP contribution in [0.2, 0.25) is 0 Å². The van der Waals surface area contributed by atoms with E-state index in [1.807, 2.05) is 6.20 Å². The molecular weight excluding hydrogens is 500 g/mol. The smallest absolute Gasteiger partial charge is 0.151 e. The lowest BCUT2D eigenvalue weighted by Gasteiger charge is -2.43. The summed E-state index contributed by atoms with van der Waals surface area (Å²) in [7, 11) is 2.23. The van der Waals surface area contributed by atoms with Gasteiger partial charge in [0, 0.05) is 82.0 Å². The first-order chi connectivity index (χ1) is 19.5. The van der Waals surface area contributed by atoms with Crippen LogP contribution in [0.15, 0.2) is 24.4 Å². The number of likely N-dealkylation sites (N-methyl/N-ethyl adjacent to an activating group) is 1. The van der Waals surface area contributed by atoms with Crippen LogP contribution in [0, 0.1) is 6.92 Å². The number of aromatic nitrogens is 3. The minimum absolute atomic E-state index is 0.343. The van der Waals surface area contributed by atoms with Crippen molar-refractivity contribution in [2.45, 2.75) is 58.0 Å². The number of piperazine rings is 1. The maximum absolute atomic E-state index is 6.32. The first-order valence-corrected chi connectivity index (χ1v) is 15.1. The minimum atomic E-state index is 0.343. The third-order valence-corrected chi connectivity index (χ3v) is 9.06. The molecule has 0 aliphatic carbocycles. The van der Waals surface area contributed by atoms with Crippen molar-refractivity contribution in [1.29, 1.82) is 0 Å². The first-order valence-electron chi connectivity index (χ1n) is 15.1. The molecule has 0 radical (unpaired) electrons. The van der Waals surface area contributed by atoms with E-state index < -0.39 is 0 Å². The quantitative estimate of drug-likeness (QED) is 0.478. The molecule has 6 rings (SSSR count). The molecular formula is C31H44N8O. The predicted octanol–water partition coefficient (Wildman–Crippen LogP) is 3.95. The second-order valence-corrected chi connectivity index (χ2v) is 11.7. The van der Waals surface area contributed by atoms with Gasteiger partial charge in [0.2, 0.25) is 0 Å². The number of nitrogens with one attached hydrogen (secondary N) is 1. The molecule has 9 heteroatoms. The number of ether oxygens (including phenoxy) is 1. The Morgan fingerprint density at radius 1 is 0.975 bits per heavy atom. The monoisotopic (exact) mass is 544 g/mol. The van der Waals surface area contributed by atoms with Gasteiger partial charge in [0.25, 0.3) is 0 Å². The molecule has 0 saturated carbocycles. The number of nitrogens with zero attached hydrogens (tertiary/aromatic N) is 6. The number of nitrogens with two attached hydrogens (primary N) is 1. The fraction of sp³-hybridized carbons (Fsp3) is 0.581. The van der Waals surface area contributed by atoms with Crippen LogP contribution in [0.25, 0.3) is 22.2 Å². The van der Waals surface area contributed by atoms with Gasteiger partial charge in [-0.3, -0.25) is 4.90 Å². The molecule has 0 spiro atoms. The number of benzene rings is 1. The molecule has 1 aromatic carbocycles. The molecule has 3 N–H and O–H groups in total. The van der Waals surface area contributed by atoms with Gasteiger partial charge >= 0.3 is 0 Å². The molecule has 0 unspecified atom stereocenters. The van der Waals surface area contributed by atoms with Crippen molar-refractivity contribution < 1.29 is 4.74 Å². The molecule has 0 bridgehead atoms. The topological polar surface area (TPSA) is 95.7 Å². The Labute approximate surface area is 238 Å². The Balaban J connectivity index is 1.24. The number of hydrogen-bond acceptors (Lipinski definition) is 9. The molecule has 0 amide bonds. The van der Waals surface area contributed by atoms with Crippen LogP contribution in [0.3, 0.4) is 0 Å². The van der Waals surface area contributed by atoms with Crippen LogP contribution >= 0.6 is 0 Å². The highest BCUT2D eigenvalue weighted by atomic mass is 16.5. The standard InChI is InChI=1S/C31H44N8O/c1-4-26-31(34-23-9-17-40-18-10-23)36-28-25(20-33-30(32)29(28)35-26)22-5-6-27(21(2)19-22)39-11-7-24(8-12-39)38-15-13-37(3)14-16-38/h5-6,19-20,23-24H,4,7-18H2,1-3H3,(H2,32,33)(H,34,36). The van der Waals surface area contributed by atoms with Crippen molar-refractivity contribution in [3.8, 4) is 11.1 Å². The Kier molecular flexibility index (Phi) is 8.05. The Bertz CT molecular complexity index is 1320. The van der Waals surface area contributed by atoms with Gasteiger partial charge in [-0.2, -0.15) is 0 Å². The van der Waals surface area contributed by atoms with Gasteiger partial charge in [-0.15, -0.1) is 0 Å². The normalized spacial score (nSPS) is 20.3. The summed E-state index contributed by atoms with van der Waals surface area (Å²) in [6.45, 7) is 12.9. The molecule has 3 aromatic rings. The lowest BCUT2D eigenvalue weighted by Crippen LogP contribution is -2.52. The van der Waals surface area contributed by atoms with Crippen LogP contribution in [0.4, 0.5) is 17.3 Å². The van der Waals surface area contributed by atoms with Crippen molar-refractivity contribution in [3.63, 3.8) is 0 Å². The summed E-state index contributed by atoms with van der Waals surface area (Å²) in [6, 6.07) is 7.82. The number of hydrogen-bond donors (Lipinski definition) is 2. The largest absolute Gasteiger partial charge is 0.382 e. The zero-order valence-corrected chi connectivity index (χ0v) is 24.3. The number of fused-ring (bicyclic) bond motifs is 1. The van der Waals surface area contributed by atoms with Gasteiger partial charge in [-0.1, -0.05) is 13.0 Å². The number of rotatable bonds is 6. The number of nitrogen functional groups attached to an aromatic ring is 1. The average molecular weight is 545 g/mol. The van der Waals surface area contributed by atoms with Gasteiger partial charge in [0.1, 0.15) is 16.9 Å². The molecule has 40 heavy (non-hydrogen) atoms. The van der Waals surface area contributed by atoms with Crippen LogP contribution < -0.4 is 16.0 Å². The van der Waals surface area contributed by atoms with E-state index >= 15 is 0 Å². The van der Waals surface area contributed by atoms with Crippen LogP contribution in [-0.2, 0) is 11.2 Å². The van der Waals surface area contributed by atoms with Gasteiger partial charge in [-0.05, 0) is 69.3 Å². The zero-order valence-electron chi connectivity index (χ0n) is 24.3. The van der Waals surface area contributed by atoms with Gasteiger partial charge < -0.3 is 25.6 Å². The van der Waals surface area contributed by atoms with Crippen LogP contribution in [0.5, 0.6) is 0 Å². The van der Waals surface area contributed by atoms with Crippen molar-refractivity contribution in [1.82, 2.24) is 24.8 Å². The summed E-state index contributed by atoms with van der Waals surface area (Å²) >= 11 is 0. The van der Waals surface area contributed by atoms with E-state index in [1.54, 1.807) is 0 Å². The Morgan fingerprint density at radius 3 is 2.42 bits per heavy atom. The summed E-state index contributed by atoms with van der Waals surface area (Å²) in [5.74, 6) is 1.28. The zero-order chi connectivity index (χ0) is 27.6. The summed E-state index contributed by atoms with van der Waals surface area (Å²) < 4.78 is 5.55. The van der Waals surface area contributed by atoms with Crippen molar-refractivity contribution in [2.24, 2.45) is 0 Å². The maximum Gasteiger partial charge on any atom is 0.151 e. The highest BCUT2D eigenvalue weighted by Gasteiger charge is 2.27. The van der Waals surface area contributed by atoms with E-state index in [0.29, 0.717) is 23.4 Å². The van der Waals surface area contributed by atoms with E-state index in [4.69, 9.17) is 20.4 Å². The second-order valence-electron chi connectivity index (χ2n) is 11.7. The Morgan fingerprint density at radius 2 is 1.73 bits per heavy atom. The molecule has 3 fully saturated rings. The lowest BCUT2D eigenvalue weighted by molar-refractivity contribution is 0.0903. The van der Waals surface area contributed by atoms with E-state index in [-0.39, 0.29) is 0 Å². The number of anilines is 3. The van der Waals surface area contributed by atoms with E-state index in [2.05, 4.69) is 64.1 Å². The predicted molar refractivity (Wildman–Crippen MR) is 163 cm³/mol. The summed E-state index contributed by atoms with van der Waals surface area (Å²) in [5, 5.41) is 3.66. The van der Waals surface area contributed by atoms with E-state index in [0.717, 1.165) is 73.7 Å². The summed E-state index contributed by atoms with van der Waals surface area (Å²) in [5.41, 5.74) is 13.4. The molecule has 3 saturated heterocycles. The van der Waals surface area contributed by atoms with Gasteiger partial charge in [0.05, 0.1) is 5.69 Å². The van der Waals surface area contributed by atoms with Crippen LogP contribution in [0.1, 0.15) is 43.9 Å². The second kappa shape index (κ2) is 11.8. The molecule has 3 aliphatic rings. The average Bonchev–Trinajstić information content (AvgIpc) is 2.98. The number of piperidine rings is 1. The van der Waals surface area contributed by atoms with Crippen molar-refractivity contribution in [2.75, 3.05) is 75.5 Å². The molecule has 5 heterocycles. The van der Waals surface area contributed by atoms with Crippen molar-refractivity contribution >= 4 is 28.4 Å².